The van der Waals surface area contributed by atoms with Crippen molar-refractivity contribution in [1.82, 2.24) is 19.4 Å². The summed E-state index contributed by atoms with van der Waals surface area (Å²) in [4.78, 5) is 36.4. The minimum atomic E-state index is -3.55. The van der Waals surface area contributed by atoms with Gasteiger partial charge >= 0.3 is 5.92 Å². The van der Waals surface area contributed by atoms with Crippen LogP contribution in [0.4, 0.5) is 14.6 Å². The first kappa shape index (κ1) is 31.6. The Morgan fingerprint density at radius 2 is 1.98 bits per heavy atom. The number of methoxy groups -OCH3 is 1. The molecule has 0 spiro atoms. The first-order valence-electron chi connectivity index (χ1n) is 13.7. The molecule has 3 atom stereocenters. The lowest BCUT2D eigenvalue weighted by atomic mass is 9.82. The standard InChI is InChI=1S/C32H35F2N5O4/c1-9-23-18-31(43-8,14-15-39(23)20(4)40)26-17-24-27(29(41)38(26)7)35-19(3)36-28(24)37-25(10-2)21-12-11-13-22(16-21)32(33,34)30(5,6)42/h1-2,11-13,16-17,23,25,42H,14-15,18H2,3-8H3,(H,35,36,37)/t23-,25+,31+/m0/s1. The van der Waals surface area contributed by atoms with Crippen LogP contribution in [0, 0.1) is 31.6 Å². The van der Waals surface area contributed by atoms with E-state index in [4.69, 9.17) is 17.6 Å². The number of hydrogen-bond donors (Lipinski definition) is 2. The quantitative estimate of drug-likeness (QED) is 0.403. The SMILES string of the molecule is C#C[C@@H](Nc1nc(C)nc2c(=O)n(C)c([C@@]3(OC)CCN(C(C)=O)[C@@H](C#C)C3)cc12)c1cccc(C(F)(F)C(C)(C)O)c1. The van der Waals surface area contributed by atoms with Gasteiger partial charge in [-0.15, -0.1) is 12.8 Å². The number of fused-ring (bicyclic) bond motifs is 1. The number of aromatic nitrogens is 3. The smallest absolute Gasteiger partial charge is 0.300 e. The highest BCUT2D eigenvalue weighted by atomic mass is 19.3. The molecule has 0 radical (unpaired) electrons. The van der Waals surface area contributed by atoms with Crippen LogP contribution in [0.5, 0.6) is 0 Å². The van der Waals surface area contributed by atoms with Crippen molar-refractivity contribution in [2.45, 2.75) is 69.7 Å². The van der Waals surface area contributed by atoms with Crippen LogP contribution in [0.2, 0.25) is 0 Å². The Morgan fingerprint density at radius 3 is 2.56 bits per heavy atom. The third-order valence-electron chi connectivity index (χ3n) is 8.12. The zero-order chi connectivity index (χ0) is 31.9. The van der Waals surface area contributed by atoms with Crippen molar-refractivity contribution in [1.29, 1.82) is 0 Å². The molecule has 1 aliphatic heterocycles. The fraction of sp³-hybridized carbons (Fsp3) is 0.438. The second-order valence-electron chi connectivity index (χ2n) is 11.3. The van der Waals surface area contributed by atoms with Crippen molar-refractivity contribution in [2.24, 2.45) is 7.05 Å². The van der Waals surface area contributed by atoms with Gasteiger partial charge in [0.25, 0.3) is 5.56 Å². The van der Waals surface area contributed by atoms with Gasteiger partial charge < -0.3 is 24.6 Å². The number of rotatable bonds is 7. The molecule has 2 aromatic heterocycles. The van der Waals surface area contributed by atoms with E-state index >= 15 is 0 Å². The molecule has 0 bridgehead atoms. The number of aliphatic hydroxyl groups is 1. The number of hydrogen-bond acceptors (Lipinski definition) is 7. The average Bonchev–Trinajstić information content (AvgIpc) is 2.96. The minimum Gasteiger partial charge on any atom is -0.384 e. The molecule has 1 saturated heterocycles. The second kappa shape index (κ2) is 11.4. The highest BCUT2D eigenvalue weighted by molar-refractivity contribution is 5.89. The van der Waals surface area contributed by atoms with Crippen molar-refractivity contribution in [3.05, 3.63) is 63.3 Å². The summed E-state index contributed by atoms with van der Waals surface area (Å²) in [6.45, 7) is 5.47. The number of pyridine rings is 1. The molecule has 1 fully saturated rings. The second-order valence-corrected chi connectivity index (χ2v) is 11.3. The van der Waals surface area contributed by atoms with Crippen LogP contribution in [0.3, 0.4) is 0 Å². The van der Waals surface area contributed by atoms with Crippen LogP contribution in [-0.2, 0) is 28.1 Å². The van der Waals surface area contributed by atoms with E-state index in [9.17, 15) is 23.5 Å². The molecular formula is C32H35F2N5O4. The number of anilines is 1. The van der Waals surface area contributed by atoms with Crippen LogP contribution < -0.4 is 10.9 Å². The van der Waals surface area contributed by atoms with Crippen LogP contribution >= 0.6 is 0 Å². The van der Waals surface area contributed by atoms with E-state index in [-0.39, 0.29) is 23.7 Å². The number of likely N-dealkylation sites (tertiary alicyclic amines) is 1. The van der Waals surface area contributed by atoms with Gasteiger partial charge in [-0.3, -0.25) is 9.59 Å². The van der Waals surface area contributed by atoms with Crippen molar-refractivity contribution >= 4 is 22.6 Å². The Hall–Kier alpha value is -4.32. The number of halogens is 2. The zero-order valence-corrected chi connectivity index (χ0v) is 25.0. The lowest BCUT2D eigenvalue weighted by Gasteiger charge is -2.44. The van der Waals surface area contributed by atoms with Gasteiger partial charge in [0.2, 0.25) is 5.91 Å². The molecular weight excluding hydrogens is 556 g/mol. The van der Waals surface area contributed by atoms with E-state index < -0.39 is 40.3 Å². The Bertz CT molecular complexity index is 1720. The normalized spacial score (nSPS) is 19.9. The number of carbonyl (C=O) groups excluding carboxylic acids is 1. The maximum absolute atomic E-state index is 15.0. The predicted octanol–water partition coefficient (Wildman–Crippen LogP) is 3.77. The van der Waals surface area contributed by atoms with Gasteiger partial charge in [-0.25, -0.2) is 9.97 Å². The highest BCUT2D eigenvalue weighted by Gasteiger charge is 2.47. The van der Waals surface area contributed by atoms with E-state index in [0.29, 0.717) is 35.4 Å². The summed E-state index contributed by atoms with van der Waals surface area (Å²) < 4.78 is 37.4. The summed E-state index contributed by atoms with van der Waals surface area (Å²) in [6.07, 6.45) is 12.3. The number of piperidine rings is 1. The summed E-state index contributed by atoms with van der Waals surface area (Å²) in [5.74, 6) is 2.06. The van der Waals surface area contributed by atoms with Gasteiger partial charge in [-0.05, 0) is 44.9 Å². The lowest BCUT2D eigenvalue weighted by molar-refractivity contribution is -0.168. The van der Waals surface area contributed by atoms with Gasteiger partial charge in [0, 0.05) is 39.6 Å². The monoisotopic (exact) mass is 591 g/mol. The highest BCUT2D eigenvalue weighted by Crippen LogP contribution is 2.41. The number of carbonyl (C=O) groups is 1. The van der Waals surface area contributed by atoms with E-state index in [2.05, 4.69) is 27.1 Å². The summed E-state index contributed by atoms with van der Waals surface area (Å²) in [5.41, 5.74) is -3.16. The van der Waals surface area contributed by atoms with Gasteiger partial charge in [0.05, 0.1) is 17.1 Å². The Morgan fingerprint density at radius 1 is 1.28 bits per heavy atom. The van der Waals surface area contributed by atoms with E-state index in [0.717, 1.165) is 13.8 Å². The number of nitrogens with zero attached hydrogens (tertiary/aromatic N) is 4. The van der Waals surface area contributed by atoms with Crippen molar-refractivity contribution < 1.29 is 23.4 Å². The predicted molar refractivity (Wildman–Crippen MR) is 159 cm³/mol. The average molecular weight is 592 g/mol. The third kappa shape index (κ3) is 5.58. The molecule has 3 heterocycles. The maximum Gasteiger partial charge on any atom is 0.300 e. The van der Waals surface area contributed by atoms with E-state index in [1.807, 2.05) is 0 Å². The molecule has 0 unspecified atom stereocenters. The van der Waals surface area contributed by atoms with Crippen molar-refractivity contribution in [3.8, 4) is 24.7 Å². The molecule has 43 heavy (non-hydrogen) atoms. The fourth-order valence-electron chi connectivity index (χ4n) is 5.58. The summed E-state index contributed by atoms with van der Waals surface area (Å²) in [5, 5.41) is 13.5. The molecule has 1 aromatic carbocycles. The summed E-state index contributed by atoms with van der Waals surface area (Å²) >= 11 is 0. The van der Waals surface area contributed by atoms with Crippen LogP contribution in [-0.4, -0.2) is 55.7 Å². The fourth-order valence-corrected chi connectivity index (χ4v) is 5.58. The summed E-state index contributed by atoms with van der Waals surface area (Å²) in [7, 11) is 3.14. The Labute approximate surface area is 249 Å². The number of terminal acetylenes is 2. The number of amides is 1. The molecule has 3 aromatic rings. The minimum absolute atomic E-state index is 0.125. The zero-order valence-electron chi connectivity index (χ0n) is 25.0. The molecule has 226 valence electrons. The molecule has 1 aliphatic rings. The number of nitrogens with one attached hydrogen (secondary N) is 1. The Balaban J connectivity index is 1.84. The molecule has 9 nitrogen and oxygen atoms in total. The van der Waals surface area contributed by atoms with Crippen LogP contribution in [0.15, 0.2) is 35.1 Å². The van der Waals surface area contributed by atoms with Crippen molar-refractivity contribution in [2.75, 3.05) is 19.0 Å². The third-order valence-corrected chi connectivity index (χ3v) is 8.12. The number of alkyl halides is 2. The van der Waals surface area contributed by atoms with Gasteiger partial charge in [-0.2, -0.15) is 8.78 Å². The van der Waals surface area contributed by atoms with Crippen LogP contribution in [0.1, 0.15) is 62.3 Å². The Kier molecular flexibility index (Phi) is 8.38. The molecule has 11 heteroatoms. The van der Waals surface area contributed by atoms with Gasteiger partial charge in [0.1, 0.15) is 34.4 Å². The van der Waals surface area contributed by atoms with E-state index in [1.54, 1.807) is 31.0 Å². The number of aryl methyl sites for hydroxylation is 1. The molecule has 0 saturated carbocycles. The molecule has 0 aliphatic carbocycles. The maximum atomic E-state index is 15.0. The molecule has 1 amide bonds. The van der Waals surface area contributed by atoms with Gasteiger partial charge in [-0.1, -0.05) is 30.0 Å². The van der Waals surface area contributed by atoms with Crippen molar-refractivity contribution in [3.63, 3.8) is 0 Å². The molecule has 2 N–H and O–H groups in total. The first-order valence-corrected chi connectivity index (χ1v) is 13.7. The first-order chi connectivity index (χ1) is 20.1. The van der Waals surface area contributed by atoms with E-state index in [1.165, 1.54) is 36.8 Å². The summed E-state index contributed by atoms with van der Waals surface area (Å²) in [6, 6.07) is 5.74. The number of benzene rings is 1. The number of ether oxygens (including phenoxy) is 1. The lowest BCUT2D eigenvalue weighted by Crippen LogP contribution is -2.52. The topological polar surface area (TPSA) is 110 Å². The van der Waals surface area contributed by atoms with Crippen LogP contribution in [0.25, 0.3) is 10.9 Å². The van der Waals surface area contributed by atoms with Gasteiger partial charge in [0.15, 0.2) is 0 Å². The largest absolute Gasteiger partial charge is 0.384 e. The molecule has 4 rings (SSSR count).